The van der Waals surface area contributed by atoms with Crippen LogP contribution in [0.4, 0.5) is 0 Å². The summed E-state index contributed by atoms with van der Waals surface area (Å²) in [6.45, 7) is 0.520. The Kier molecular flexibility index (Phi) is 5.23. The van der Waals surface area contributed by atoms with Gasteiger partial charge in [0.2, 0.25) is 5.09 Å². The van der Waals surface area contributed by atoms with Gasteiger partial charge in [-0.15, -0.1) is 0 Å². The predicted molar refractivity (Wildman–Crippen MR) is 83.3 cm³/mol. The maximum absolute atomic E-state index is 12.3. The third kappa shape index (κ3) is 4.09. The molecule has 7 heteroatoms. The predicted octanol–water partition coefficient (Wildman–Crippen LogP) is 1.87. The summed E-state index contributed by atoms with van der Waals surface area (Å²) in [6.07, 6.45) is 1.34. The van der Waals surface area contributed by atoms with E-state index in [0.29, 0.717) is 6.54 Å². The molecule has 0 aliphatic rings. The van der Waals surface area contributed by atoms with Gasteiger partial charge in [0.25, 0.3) is 10.0 Å². The highest BCUT2D eigenvalue weighted by atomic mass is 32.2. The Morgan fingerprint density at radius 1 is 1.23 bits per heavy atom. The van der Waals surface area contributed by atoms with Crippen LogP contribution in [-0.2, 0) is 10.0 Å². The molecule has 0 bridgehead atoms. The normalized spacial score (nSPS) is 13.3. The Bertz CT molecular complexity index is 679. The van der Waals surface area contributed by atoms with Crippen molar-refractivity contribution in [2.45, 2.75) is 11.1 Å². The molecule has 0 saturated heterocycles. The molecule has 1 aromatic heterocycles. The summed E-state index contributed by atoms with van der Waals surface area (Å²) in [5.74, 6) is 0.723. The third-order valence-corrected chi connectivity index (χ3v) is 4.48. The van der Waals surface area contributed by atoms with Crippen LogP contribution in [-0.4, -0.2) is 41.1 Å². The summed E-state index contributed by atoms with van der Waals surface area (Å²) in [6, 6.07) is 9.87. The summed E-state index contributed by atoms with van der Waals surface area (Å²) in [5.41, 5.74) is 0.852. The second-order valence-corrected chi connectivity index (χ2v) is 6.79. The van der Waals surface area contributed by atoms with Gasteiger partial charge >= 0.3 is 0 Å². The van der Waals surface area contributed by atoms with Crippen LogP contribution in [0.1, 0.15) is 11.6 Å². The second-order valence-electron chi connectivity index (χ2n) is 5.14. The summed E-state index contributed by atoms with van der Waals surface area (Å²) in [4.78, 5) is 1.92. The average molecular weight is 324 g/mol. The molecule has 0 spiro atoms. The van der Waals surface area contributed by atoms with Crippen molar-refractivity contribution in [2.24, 2.45) is 0 Å². The first-order chi connectivity index (χ1) is 10.4. The van der Waals surface area contributed by atoms with Crippen LogP contribution in [0.5, 0.6) is 5.75 Å². The van der Waals surface area contributed by atoms with Crippen molar-refractivity contribution in [3.8, 4) is 5.75 Å². The standard InChI is InChI=1S/C15H20N2O4S/c1-17(2)11-14(12-6-8-13(20-3)9-7-12)16-22(18,19)15-5-4-10-21-15/h4-10,14,16H,11H2,1-3H3. The largest absolute Gasteiger partial charge is 0.497 e. The van der Waals surface area contributed by atoms with Crippen molar-refractivity contribution in [1.82, 2.24) is 9.62 Å². The van der Waals surface area contributed by atoms with E-state index in [2.05, 4.69) is 4.72 Å². The van der Waals surface area contributed by atoms with Crippen molar-refractivity contribution < 1.29 is 17.6 Å². The maximum atomic E-state index is 12.3. The highest BCUT2D eigenvalue weighted by molar-refractivity contribution is 7.89. The number of likely N-dealkylation sites (N-methyl/N-ethyl adjacent to an activating group) is 1. The SMILES string of the molecule is COc1ccc(C(CN(C)C)NS(=O)(=O)c2ccco2)cc1. The number of sulfonamides is 1. The van der Waals surface area contributed by atoms with Crippen LogP contribution in [0.2, 0.25) is 0 Å². The lowest BCUT2D eigenvalue weighted by Crippen LogP contribution is -2.35. The van der Waals surface area contributed by atoms with E-state index in [4.69, 9.17) is 9.15 Å². The molecular formula is C15H20N2O4S. The number of nitrogens with one attached hydrogen (secondary N) is 1. The average Bonchev–Trinajstić information content (AvgIpc) is 3.01. The minimum atomic E-state index is -3.70. The zero-order chi connectivity index (χ0) is 16.2. The third-order valence-electron chi connectivity index (χ3n) is 3.12. The lowest BCUT2D eigenvalue weighted by Gasteiger charge is -2.22. The molecule has 120 valence electrons. The van der Waals surface area contributed by atoms with Gasteiger partial charge in [-0.25, -0.2) is 8.42 Å². The molecule has 6 nitrogen and oxygen atoms in total. The highest BCUT2D eigenvalue weighted by Gasteiger charge is 2.24. The summed E-state index contributed by atoms with van der Waals surface area (Å²) >= 11 is 0. The molecule has 1 unspecified atom stereocenters. The number of hydrogen-bond acceptors (Lipinski definition) is 5. The first-order valence-corrected chi connectivity index (χ1v) is 8.25. The zero-order valence-electron chi connectivity index (χ0n) is 12.8. The molecule has 2 aromatic rings. The zero-order valence-corrected chi connectivity index (χ0v) is 13.6. The fraction of sp³-hybridized carbons (Fsp3) is 0.333. The molecule has 1 heterocycles. The molecule has 0 fully saturated rings. The molecule has 2 rings (SSSR count). The molecule has 0 radical (unpaired) electrons. The Morgan fingerprint density at radius 2 is 1.91 bits per heavy atom. The van der Waals surface area contributed by atoms with Gasteiger partial charge in [-0.3, -0.25) is 0 Å². The van der Waals surface area contributed by atoms with Crippen molar-refractivity contribution >= 4 is 10.0 Å². The number of furan rings is 1. The van der Waals surface area contributed by atoms with Gasteiger partial charge in [0.15, 0.2) is 0 Å². The van der Waals surface area contributed by atoms with Crippen molar-refractivity contribution in [3.05, 3.63) is 48.2 Å². The van der Waals surface area contributed by atoms with E-state index in [9.17, 15) is 8.42 Å². The van der Waals surface area contributed by atoms with Crippen LogP contribution >= 0.6 is 0 Å². The Balaban J connectivity index is 2.26. The molecule has 0 aliphatic heterocycles. The van der Waals surface area contributed by atoms with E-state index in [1.165, 1.54) is 12.3 Å². The van der Waals surface area contributed by atoms with Gasteiger partial charge in [0.05, 0.1) is 19.4 Å². The summed E-state index contributed by atoms with van der Waals surface area (Å²) in [5, 5.41) is -0.0928. The van der Waals surface area contributed by atoms with Crippen LogP contribution in [0.3, 0.4) is 0 Å². The lowest BCUT2D eigenvalue weighted by molar-refractivity contribution is 0.359. The van der Waals surface area contributed by atoms with E-state index < -0.39 is 16.1 Å². The van der Waals surface area contributed by atoms with Gasteiger partial charge in [-0.2, -0.15) is 4.72 Å². The van der Waals surface area contributed by atoms with E-state index in [0.717, 1.165) is 11.3 Å². The van der Waals surface area contributed by atoms with Gasteiger partial charge in [-0.1, -0.05) is 12.1 Å². The number of nitrogens with zero attached hydrogens (tertiary/aromatic N) is 1. The Hall–Kier alpha value is -1.83. The first kappa shape index (κ1) is 16.5. The Morgan fingerprint density at radius 3 is 2.41 bits per heavy atom. The minimum Gasteiger partial charge on any atom is -0.497 e. The number of methoxy groups -OCH3 is 1. The van der Waals surface area contributed by atoms with Crippen LogP contribution < -0.4 is 9.46 Å². The monoisotopic (exact) mass is 324 g/mol. The molecular weight excluding hydrogens is 304 g/mol. The minimum absolute atomic E-state index is 0.0928. The van der Waals surface area contributed by atoms with E-state index in [1.807, 2.05) is 31.1 Å². The topological polar surface area (TPSA) is 71.8 Å². The molecule has 0 amide bonds. The smallest absolute Gasteiger partial charge is 0.274 e. The molecule has 1 N–H and O–H groups in total. The number of ether oxygens (including phenoxy) is 1. The van der Waals surface area contributed by atoms with Crippen molar-refractivity contribution in [1.29, 1.82) is 0 Å². The molecule has 1 atom stereocenters. The number of benzene rings is 1. The first-order valence-electron chi connectivity index (χ1n) is 6.77. The van der Waals surface area contributed by atoms with E-state index >= 15 is 0 Å². The van der Waals surface area contributed by atoms with E-state index in [1.54, 1.807) is 25.3 Å². The van der Waals surface area contributed by atoms with Crippen LogP contribution in [0.25, 0.3) is 0 Å². The summed E-state index contributed by atoms with van der Waals surface area (Å²) in [7, 11) is 1.66. The van der Waals surface area contributed by atoms with Gasteiger partial charge in [-0.05, 0) is 43.9 Å². The fourth-order valence-corrected chi connectivity index (χ4v) is 3.22. The maximum Gasteiger partial charge on any atom is 0.274 e. The lowest BCUT2D eigenvalue weighted by atomic mass is 10.1. The van der Waals surface area contributed by atoms with Gasteiger partial charge in [0.1, 0.15) is 5.75 Å². The number of hydrogen-bond donors (Lipinski definition) is 1. The van der Waals surface area contributed by atoms with E-state index in [-0.39, 0.29) is 5.09 Å². The molecule has 0 aliphatic carbocycles. The number of rotatable bonds is 7. The van der Waals surface area contributed by atoms with Crippen LogP contribution in [0.15, 0.2) is 52.2 Å². The molecule has 0 saturated carbocycles. The van der Waals surface area contributed by atoms with Gasteiger partial charge in [0, 0.05) is 6.54 Å². The van der Waals surface area contributed by atoms with Crippen molar-refractivity contribution in [3.63, 3.8) is 0 Å². The molecule has 22 heavy (non-hydrogen) atoms. The Labute approximate surface area is 130 Å². The quantitative estimate of drug-likeness (QED) is 0.842. The summed E-state index contributed by atoms with van der Waals surface area (Å²) < 4.78 is 37.5. The molecule has 1 aromatic carbocycles. The van der Waals surface area contributed by atoms with Gasteiger partial charge < -0.3 is 14.1 Å². The highest BCUT2D eigenvalue weighted by Crippen LogP contribution is 2.21. The second kappa shape index (κ2) is 6.95. The van der Waals surface area contributed by atoms with Crippen LogP contribution in [0, 0.1) is 0 Å². The van der Waals surface area contributed by atoms with Crippen molar-refractivity contribution in [2.75, 3.05) is 27.7 Å². The fourth-order valence-electron chi connectivity index (χ4n) is 2.07.